The van der Waals surface area contributed by atoms with Gasteiger partial charge in [0.1, 0.15) is 5.60 Å². The maximum absolute atomic E-state index is 12.8. The molecule has 0 unspecified atom stereocenters. The zero-order chi connectivity index (χ0) is 14.3. The van der Waals surface area contributed by atoms with E-state index < -0.39 is 22.9 Å². The van der Waals surface area contributed by atoms with Crippen molar-refractivity contribution < 1.29 is 17.9 Å². The fourth-order valence-corrected chi connectivity index (χ4v) is 1.54. The van der Waals surface area contributed by atoms with Crippen LogP contribution in [-0.4, -0.2) is 12.2 Å². The van der Waals surface area contributed by atoms with Crippen LogP contribution in [0.5, 0.6) is 0 Å². The normalized spacial score (nSPS) is 21.6. The summed E-state index contributed by atoms with van der Waals surface area (Å²) in [5.74, 6) is 0. The van der Waals surface area contributed by atoms with Crippen LogP contribution in [0.1, 0.15) is 18.1 Å². The second-order valence-corrected chi connectivity index (χ2v) is 4.49. The minimum absolute atomic E-state index is 0.230. The van der Waals surface area contributed by atoms with E-state index in [1.54, 1.807) is 6.92 Å². The summed E-state index contributed by atoms with van der Waals surface area (Å²) in [5, 5.41) is 11.5. The number of nitriles is 1. The van der Waals surface area contributed by atoms with Crippen molar-refractivity contribution in [2.24, 2.45) is 0 Å². The molecule has 1 aliphatic heterocycles. The van der Waals surface area contributed by atoms with Crippen molar-refractivity contribution in [2.45, 2.75) is 18.7 Å². The van der Waals surface area contributed by atoms with Gasteiger partial charge >= 0.3 is 6.18 Å². The lowest BCUT2D eigenvalue weighted by molar-refractivity contribution is -0.137. The molecule has 0 amide bonds. The molecule has 1 heterocycles. The molecule has 0 aliphatic carbocycles. The third kappa shape index (κ3) is 2.71. The Bertz CT molecular complexity index is 568. The van der Waals surface area contributed by atoms with Crippen LogP contribution in [0, 0.1) is 11.3 Å². The molecule has 100 valence electrons. The van der Waals surface area contributed by atoms with E-state index >= 15 is 0 Å². The van der Waals surface area contributed by atoms with Gasteiger partial charge in [0.25, 0.3) is 0 Å². The number of anilines is 1. The Morgan fingerprint density at radius 2 is 2.16 bits per heavy atom. The molecule has 0 saturated carbocycles. The van der Waals surface area contributed by atoms with Crippen molar-refractivity contribution in [2.75, 3.05) is 11.9 Å². The highest BCUT2D eigenvalue weighted by Gasteiger charge is 2.42. The van der Waals surface area contributed by atoms with Crippen molar-refractivity contribution in [3.63, 3.8) is 0 Å². The molecule has 6 heteroatoms. The fourth-order valence-electron chi connectivity index (χ4n) is 1.54. The van der Waals surface area contributed by atoms with Gasteiger partial charge in [-0.05, 0) is 25.1 Å². The van der Waals surface area contributed by atoms with E-state index in [1.165, 1.54) is 12.1 Å². The standard InChI is InChI=1S/C13H11F3N2O/c1-8(12(2)7-19-12)18-10-4-3-9(6-17)11(5-10)13(14,15)16/h3-5,18H,1,7H2,2H3/t12-/m1/s1. The van der Waals surface area contributed by atoms with Gasteiger partial charge in [0.15, 0.2) is 0 Å². The van der Waals surface area contributed by atoms with Crippen LogP contribution in [0.25, 0.3) is 0 Å². The van der Waals surface area contributed by atoms with Gasteiger partial charge in [-0.25, -0.2) is 0 Å². The summed E-state index contributed by atoms with van der Waals surface area (Å²) in [5.41, 5.74) is -1.17. The summed E-state index contributed by atoms with van der Waals surface area (Å²) in [4.78, 5) is 0. The lowest BCUT2D eigenvalue weighted by atomic mass is 10.1. The highest BCUT2D eigenvalue weighted by Crippen LogP contribution is 2.36. The minimum Gasteiger partial charge on any atom is -0.363 e. The van der Waals surface area contributed by atoms with Crippen molar-refractivity contribution >= 4 is 5.69 Å². The van der Waals surface area contributed by atoms with Crippen molar-refractivity contribution in [1.29, 1.82) is 5.26 Å². The molecule has 1 aliphatic rings. The Morgan fingerprint density at radius 1 is 1.53 bits per heavy atom. The number of hydrogen-bond donors (Lipinski definition) is 1. The summed E-state index contributed by atoms with van der Waals surface area (Å²) in [6.45, 7) is 6.01. The number of nitrogens with zero attached hydrogens (tertiary/aromatic N) is 1. The van der Waals surface area contributed by atoms with Gasteiger partial charge in [0.2, 0.25) is 0 Å². The molecular weight excluding hydrogens is 257 g/mol. The second kappa shape index (κ2) is 4.28. The lowest BCUT2D eigenvalue weighted by Gasteiger charge is -2.15. The van der Waals surface area contributed by atoms with Gasteiger partial charge in [-0.1, -0.05) is 6.58 Å². The number of epoxide rings is 1. The monoisotopic (exact) mass is 268 g/mol. The highest BCUT2D eigenvalue weighted by molar-refractivity contribution is 5.56. The predicted molar refractivity (Wildman–Crippen MR) is 63.3 cm³/mol. The SMILES string of the molecule is C=C(Nc1ccc(C#N)c(C(F)(F)F)c1)[C@@]1(C)CO1. The highest BCUT2D eigenvalue weighted by atomic mass is 19.4. The van der Waals surface area contributed by atoms with E-state index in [9.17, 15) is 13.2 Å². The van der Waals surface area contributed by atoms with Crippen molar-refractivity contribution in [3.8, 4) is 6.07 Å². The minimum atomic E-state index is -4.57. The molecule has 1 atom stereocenters. The molecular formula is C13H11F3N2O. The van der Waals surface area contributed by atoms with E-state index in [2.05, 4.69) is 11.9 Å². The molecule has 1 aromatic carbocycles. The quantitative estimate of drug-likeness (QED) is 0.856. The Labute approximate surface area is 108 Å². The van der Waals surface area contributed by atoms with Crippen LogP contribution >= 0.6 is 0 Å². The third-order valence-corrected chi connectivity index (χ3v) is 2.96. The maximum atomic E-state index is 12.8. The first-order valence-electron chi connectivity index (χ1n) is 5.48. The van der Waals surface area contributed by atoms with Gasteiger partial charge in [-0.15, -0.1) is 0 Å². The summed E-state index contributed by atoms with van der Waals surface area (Å²) >= 11 is 0. The largest absolute Gasteiger partial charge is 0.417 e. The van der Waals surface area contributed by atoms with Crippen LogP contribution in [0.3, 0.4) is 0 Å². The second-order valence-electron chi connectivity index (χ2n) is 4.49. The van der Waals surface area contributed by atoms with Gasteiger partial charge in [0, 0.05) is 11.4 Å². The van der Waals surface area contributed by atoms with E-state index in [-0.39, 0.29) is 5.69 Å². The Morgan fingerprint density at radius 3 is 2.63 bits per heavy atom. The maximum Gasteiger partial charge on any atom is 0.417 e. The number of benzene rings is 1. The molecule has 0 aromatic heterocycles. The summed E-state index contributed by atoms with van der Waals surface area (Å²) in [7, 11) is 0. The van der Waals surface area contributed by atoms with Crippen LogP contribution in [0.15, 0.2) is 30.5 Å². The number of ether oxygens (including phenoxy) is 1. The molecule has 1 saturated heterocycles. The van der Waals surface area contributed by atoms with Gasteiger partial charge < -0.3 is 10.1 Å². The lowest BCUT2D eigenvalue weighted by Crippen LogP contribution is -2.16. The molecule has 0 radical (unpaired) electrons. The molecule has 3 nitrogen and oxygen atoms in total. The number of alkyl halides is 3. The van der Waals surface area contributed by atoms with Crippen LogP contribution in [-0.2, 0) is 10.9 Å². The topological polar surface area (TPSA) is 48.4 Å². The zero-order valence-corrected chi connectivity index (χ0v) is 10.1. The van der Waals surface area contributed by atoms with E-state index in [4.69, 9.17) is 10.00 Å². The number of halogens is 3. The van der Waals surface area contributed by atoms with Gasteiger partial charge in [-0.2, -0.15) is 18.4 Å². The smallest absolute Gasteiger partial charge is 0.363 e. The number of rotatable bonds is 3. The van der Waals surface area contributed by atoms with Gasteiger partial charge in [-0.3, -0.25) is 0 Å². The summed E-state index contributed by atoms with van der Waals surface area (Å²) in [6, 6.07) is 4.97. The Balaban J connectivity index is 2.29. The van der Waals surface area contributed by atoms with Crippen LogP contribution < -0.4 is 5.32 Å². The molecule has 0 spiro atoms. The zero-order valence-electron chi connectivity index (χ0n) is 10.1. The molecule has 1 aromatic rings. The first-order chi connectivity index (χ1) is 8.76. The van der Waals surface area contributed by atoms with E-state index in [0.717, 1.165) is 12.1 Å². The molecule has 19 heavy (non-hydrogen) atoms. The summed E-state index contributed by atoms with van der Waals surface area (Å²) < 4.78 is 43.5. The van der Waals surface area contributed by atoms with Gasteiger partial charge in [0.05, 0.1) is 23.8 Å². The van der Waals surface area contributed by atoms with Crippen molar-refractivity contribution in [1.82, 2.24) is 0 Å². The fraction of sp³-hybridized carbons (Fsp3) is 0.308. The molecule has 2 rings (SSSR count). The molecule has 0 bridgehead atoms. The van der Waals surface area contributed by atoms with E-state index in [0.29, 0.717) is 12.3 Å². The van der Waals surface area contributed by atoms with Crippen molar-refractivity contribution in [3.05, 3.63) is 41.6 Å². The third-order valence-electron chi connectivity index (χ3n) is 2.96. The Kier molecular flexibility index (Phi) is 3.03. The first kappa shape index (κ1) is 13.4. The average Bonchev–Trinajstić information content (AvgIpc) is 3.07. The molecule has 1 fully saturated rings. The first-order valence-corrected chi connectivity index (χ1v) is 5.48. The predicted octanol–water partition coefficient (Wildman–Crippen LogP) is 3.29. The van der Waals surface area contributed by atoms with E-state index in [1.807, 2.05) is 0 Å². The number of hydrogen-bond acceptors (Lipinski definition) is 3. The summed E-state index contributed by atoms with van der Waals surface area (Å²) in [6.07, 6.45) is -4.57. The average molecular weight is 268 g/mol. The molecule has 1 N–H and O–H groups in total. The Hall–Kier alpha value is -2.00. The van der Waals surface area contributed by atoms with Crippen LogP contribution in [0.2, 0.25) is 0 Å². The number of nitrogens with one attached hydrogen (secondary N) is 1. The van der Waals surface area contributed by atoms with Crippen LogP contribution in [0.4, 0.5) is 18.9 Å².